The molecule has 5 nitrogen and oxygen atoms in total. The minimum atomic E-state index is -0.574. The van der Waals surface area contributed by atoms with Gasteiger partial charge in [-0.3, -0.25) is 4.90 Å². The Kier molecular flexibility index (Phi) is 5.81. The fourth-order valence-corrected chi connectivity index (χ4v) is 2.46. The Hall–Kier alpha value is -1.52. The van der Waals surface area contributed by atoms with Gasteiger partial charge in [0, 0.05) is 6.54 Å². The van der Waals surface area contributed by atoms with Crippen molar-refractivity contribution in [1.82, 2.24) is 4.90 Å². The molecule has 0 aromatic rings. The van der Waals surface area contributed by atoms with E-state index in [0.717, 1.165) is 12.8 Å². The predicted molar refractivity (Wildman–Crippen MR) is 80.9 cm³/mol. The average Bonchev–Trinajstić information content (AvgIpc) is 2.77. The van der Waals surface area contributed by atoms with Crippen LogP contribution >= 0.6 is 0 Å². The van der Waals surface area contributed by atoms with Gasteiger partial charge >= 0.3 is 12.1 Å². The number of hydrogen-bond donors (Lipinski definition) is 0. The third-order valence-electron chi connectivity index (χ3n) is 3.42. The molecule has 120 valence electrons. The highest BCUT2D eigenvalue weighted by Gasteiger charge is 2.43. The van der Waals surface area contributed by atoms with Crippen LogP contribution in [0, 0.1) is 5.92 Å². The maximum absolute atomic E-state index is 12.3. The lowest BCUT2D eigenvalue weighted by molar-refractivity contribution is -0.147. The van der Waals surface area contributed by atoms with Crippen molar-refractivity contribution < 1.29 is 19.1 Å². The van der Waals surface area contributed by atoms with Gasteiger partial charge in [-0.2, -0.15) is 0 Å². The van der Waals surface area contributed by atoms with Crippen molar-refractivity contribution in [2.75, 3.05) is 13.7 Å². The van der Waals surface area contributed by atoms with E-state index in [1.165, 1.54) is 17.6 Å². The van der Waals surface area contributed by atoms with E-state index in [4.69, 9.17) is 9.47 Å². The van der Waals surface area contributed by atoms with Gasteiger partial charge in [0.15, 0.2) is 0 Å². The number of allylic oxidation sites excluding steroid dienone is 2. The van der Waals surface area contributed by atoms with Gasteiger partial charge in [0.05, 0.1) is 7.11 Å². The van der Waals surface area contributed by atoms with Crippen LogP contribution in [0.4, 0.5) is 4.79 Å². The quantitative estimate of drug-likeness (QED) is 0.593. The van der Waals surface area contributed by atoms with E-state index in [2.05, 4.69) is 6.08 Å². The average molecular weight is 297 g/mol. The predicted octanol–water partition coefficient (Wildman–Crippen LogP) is 3.14. The molecule has 0 unspecified atom stereocenters. The SMILES string of the molecule is COC(=O)[C@@H]1[C@@H](CC=C(C)C)CCN1C(=O)OC(C)(C)C. The first kappa shape index (κ1) is 17.5. The fraction of sp³-hybridized carbons (Fsp3) is 0.750. The number of amides is 1. The Morgan fingerprint density at radius 1 is 1.29 bits per heavy atom. The van der Waals surface area contributed by atoms with Crippen LogP contribution in [0.1, 0.15) is 47.5 Å². The maximum Gasteiger partial charge on any atom is 0.411 e. The number of carbonyl (C=O) groups excluding carboxylic acids is 2. The number of rotatable bonds is 3. The van der Waals surface area contributed by atoms with Gasteiger partial charge in [0.2, 0.25) is 0 Å². The standard InChI is InChI=1S/C16H27NO4/c1-11(2)7-8-12-9-10-17(13(12)14(18)20-6)15(19)21-16(3,4)5/h7,12-13H,8-10H2,1-6H3/t12-,13-/m0/s1. The lowest BCUT2D eigenvalue weighted by Gasteiger charge is -2.28. The molecule has 1 fully saturated rings. The summed E-state index contributed by atoms with van der Waals surface area (Å²) in [5, 5.41) is 0. The van der Waals surface area contributed by atoms with Crippen molar-refractivity contribution >= 4 is 12.1 Å². The van der Waals surface area contributed by atoms with Crippen molar-refractivity contribution in [3.8, 4) is 0 Å². The molecular formula is C16H27NO4. The van der Waals surface area contributed by atoms with E-state index in [1.54, 1.807) is 0 Å². The lowest BCUT2D eigenvalue weighted by atomic mass is 9.95. The first-order valence-corrected chi connectivity index (χ1v) is 7.36. The first-order chi connectivity index (χ1) is 9.65. The Morgan fingerprint density at radius 3 is 2.38 bits per heavy atom. The molecule has 1 heterocycles. The maximum atomic E-state index is 12.3. The Morgan fingerprint density at radius 2 is 1.90 bits per heavy atom. The van der Waals surface area contributed by atoms with Crippen molar-refractivity contribution in [2.45, 2.75) is 59.1 Å². The summed E-state index contributed by atoms with van der Waals surface area (Å²) in [5.74, 6) is -0.287. The lowest BCUT2D eigenvalue weighted by Crippen LogP contribution is -2.46. The molecule has 0 bridgehead atoms. The van der Waals surface area contributed by atoms with E-state index in [0.29, 0.717) is 6.54 Å². The zero-order valence-electron chi connectivity index (χ0n) is 13.9. The molecule has 1 aliphatic heterocycles. The van der Waals surface area contributed by atoms with Gasteiger partial charge in [0.1, 0.15) is 11.6 Å². The molecule has 0 saturated carbocycles. The van der Waals surface area contributed by atoms with Gasteiger partial charge in [-0.1, -0.05) is 11.6 Å². The molecule has 1 saturated heterocycles. The Labute approximate surface area is 127 Å². The minimum absolute atomic E-state index is 0.0832. The summed E-state index contributed by atoms with van der Waals surface area (Å²) < 4.78 is 10.3. The van der Waals surface area contributed by atoms with Gasteiger partial charge in [-0.15, -0.1) is 0 Å². The van der Waals surface area contributed by atoms with E-state index >= 15 is 0 Å². The summed E-state index contributed by atoms with van der Waals surface area (Å²) in [4.78, 5) is 25.8. The smallest absolute Gasteiger partial charge is 0.411 e. The van der Waals surface area contributed by atoms with Crippen LogP contribution in [-0.2, 0) is 14.3 Å². The summed E-state index contributed by atoms with van der Waals surface area (Å²) in [6, 6.07) is -0.555. The van der Waals surface area contributed by atoms with Crippen LogP contribution in [0.25, 0.3) is 0 Å². The number of carbonyl (C=O) groups is 2. The molecule has 1 aliphatic rings. The van der Waals surface area contributed by atoms with Crippen LogP contribution in [-0.4, -0.2) is 42.3 Å². The van der Waals surface area contributed by atoms with E-state index in [1.807, 2.05) is 34.6 Å². The highest BCUT2D eigenvalue weighted by atomic mass is 16.6. The second-order valence-corrected chi connectivity index (χ2v) is 6.71. The second kappa shape index (κ2) is 6.96. The topological polar surface area (TPSA) is 55.8 Å². The van der Waals surface area contributed by atoms with Crippen LogP contribution in [0.15, 0.2) is 11.6 Å². The molecule has 2 atom stereocenters. The summed E-state index contributed by atoms with van der Waals surface area (Å²) in [7, 11) is 1.35. The molecular weight excluding hydrogens is 270 g/mol. The molecule has 0 aromatic carbocycles. The second-order valence-electron chi connectivity index (χ2n) is 6.71. The highest BCUT2D eigenvalue weighted by molar-refractivity contribution is 5.82. The normalized spacial score (nSPS) is 21.9. The highest BCUT2D eigenvalue weighted by Crippen LogP contribution is 2.30. The zero-order chi connectivity index (χ0) is 16.2. The number of esters is 1. The third-order valence-corrected chi connectivity index (χ3v) is 3.42. The number of likely N-dealkylation sites (tertiary alicyclic amines) is 1. The van der Waals surface area contributed by atoms with Crippen molar-refractivity contribution in [3.63, 3.8) is 0 Å². The van der Waals surface area contributed by atoms with Gasteiger partial charge in [-0.05, 0) is 53.4 Å². The number of nitrogens with zero attached hydrogens (tertiary/aromatic N) is 1. The first-order valence-electron chi connectivity index (χ1n) is 7.36. The molecule has 0 aromatic heterocycles. The van der Waals surface area contributed by atoms with Crippen molar-refractivity contribution in [2.24, 2.45) is 5.92 Å². The van der Waals surface area contributed by atoms with Crippen molar-refractivity contribution in [1.29, 1.82) is 0 Å². The van der Waals surface area contributed by atoms with Crippen LogP contribution in [0.3, 0.4) is 0 Å². The minimum Gasteiger partial charge on any atom is -0.467 e. The number of methoxy groups -OCH3 is 1. The summed E-state index contributed by atoms with van der Waals surface area (Å²) >= 11 is 0. The molecule has 5 heteroatoms. The molecule has 1 amide bonds. The van der Waals surface area contributed by atoms with Crippen LogP contribution < -0.4 is 0 Å². The van der Waals surface area contributed by atoms with E-state index < -0.39 is 17.7 Å². The van der Waals surface area contributed by atoms with Gasteiger partial charge < -0.3 is 9.47 Å². The Balaban J connectivity index is 2.87. The van der Waals surface area contributed by atoms with Gasteiger partial charge in [0.25, 0.3) is 0 Å². The van der Waals surface area contributed by atoms with Gasteiger partial charge in [-0.25, -0.2) is 9.59 Å². The molecule has 0 aliphatic carbocycles. The number of ether oxygens (including phenoxy) is 2. The third kappa shape index (κ3) is 5.06. The molecule has 0 radical (unpaired) electrons. The zero-order valence-corrected chi connectivity index (χ0v) is 13.9. The summed E-state index contributed by atoms with van der Waals surface area (Å²) in [6.45, 7) is 10.0. The van der Waals surface area contributed by atoms with Crippen molar-refractivity contribution in [3.05, 3.63) is 11.6 Å². The monoisotopic (exact) mass is 297 g/mol. The van der Waals surface area contributed by atoms with Crippen LogP contribution in [0.2, 0.25) is 0 Å². The summed E-state index contributed by atoms with van der Waals surface area (Å²) in [5.41, 5.74) is 0.629. The molecule has 0 spiro atoms. The summed E-state index contributed by atoms with van der Waals surface area (Å²) in [6.07, 6.45) is 3.20. The molecule has 0 N–H and O–H groups in total. The number of hydrogen-bond acceptors (Lipinski definition) is 4. The molecule has 21 heavy (non-hydrogen) atoms. The molecule has 1 rings (SSSR count). The fourth-order valence-electron chi connectivity index (χ4n) is 2.46. The van der Waals surface area contributed by atoms with E-state index in [9.17, 15) is 9.59 Å². The largest absolute Gasteiger partial charge is 0.467 e. The Bertz CT molecular complexity index is 418. The van der Waals surface area contributed by atoms with E-state index in [-0.39, 0.29) is 11.9 Å². The van der Waals surface area contributed by atoms with Crippen LogP contribution in [0.5, 0.6) is 0 Å².